The lowest BCUT2D eigenvalue weighted by atomic mass is 10.0. The fraction of sp³-hybridized carbons (Fsp3) is 0.190. The minimum Gasteiger partial charge on any atom is -0.489 e. The second kappa shape index (κ2) is 7.22. The molecule has 28 heavy (non-hydrogen) atoms. The summed E-state index contributed by atoms with van der Waals surface area (Å²) < 4.78 is 33.4. The van der Waals surface area contributed by atoms with E-state index < -0.39 is 14.8 Å². The van der Waals surface area contributed by atoms with E-state index >= 15 is 0 Å². The van der Waals surface area contributed by atoms with Crippen LogP contribution in [-0.4, -0.2) is 22.4 Å². The number of fused-ring (bicyclic) bond motifs is 1. The van der Waals surface area contributed by atoms with Crippen molar-refractivity contribution in [2.24, 2.45) is 0 Å². The standard InChI is InChI=1S/C21H19BrN2O3S/c1-21(13-6-5-12-20(21)22)28(25,26)24-19-11-7-8-16(18(19)14-23-24)15-27-17-9-3-2-4-10-17/h2-12,14H,13,15H2,1H3. The summed E-state index contributed by atoms with van der Waals surface area (Å²) >= 11 is 3.43. The number of aromatic nitrogens is 2. The highest BCUT2D eigenvalue weighted by Crippen LogP contribution is 2.39. The van der Waals surface area contributed by atoms with Crippen LogP contribution in [0.1, 0.15) is 18.9 Å². The van der Waals surface area contributed by atoms with Crippen molar-refractivity contribution in [3.63, 3.8) is 0 Å². The van der Waals surface area contributed by atoms with Gasteiger partial charge in [-0.2, -0.15) is 9.19 Å². The summed E-state index contributed by atoms with van der Waals surface area (Å²) in [4.78, 5) is 0. The zero-order valence-corrected chi connectivity index (χ0v) is 17.7. The first-order chi connectivity index (χ1) is 13.4. The van der Waals surface area contributed by atoms with Gasteiger partial charge in [-0.15, -0.1) is 0 Å². The predicted molar refractivity (Wildman–Crippen MR) is 114 cm³/mol. The number of benzene rings is 2. The Bertz CT molecular complexity index is 1180. The molecule has 7 heteroatoms. The SMILES string of the molecule is CC1(S(=O)(=O)n2ncc3c(COc4ccccc4)cccc32)CC=CC=C1Br. The second-order valence-electron chi connectivity index (χ2n) is 6.82. The van der Waals surface area contributed by atoms with Crippen LogP contribution < -0.4 is 4.74 Å². The summed E-state index contributed by atoms with van der Waals surface area (Å²) in [5.41, 5.74) is 1.43. The van der Waals surface area contributed by atoms with Crippen molar-refractivity contribution in [3.05, 3.63) is 83.0 Å². The maximum absolute atomic E-state index is 13.4. The van der Waals surface area contributed by atoms with Crippen molar-refractivity contribution in [1.29, 1.82) is 0 Å². The summed E-state index contributed by atoms with van der Waals surface area (Å²) in [6.07, 6.45) is 7.45. The smallest absolute Gasteiger partial charge is 0.264 e. The summed E-state index contributed by atoms with van der Waals surface area (Å²) in [6.45, 7) is 2.04. The Morgan fingerprint density at radius 1 is 1.18 bits per heavy atom. The maximum Gasteiger partial charge on any atom is 0.264 e. The van der Waals surface area contributed by atoms with Gasteiger partial charge >= 0.3 is 0 Å². The molecule has 1 heterocycles. The highest BCUT2D eigenvalue weighted by molar-refractivity contribution is 9.12. The summed E-state index contributed by atoms with van der Waals surface area (Å²) in [5.74, 6) is 0.759. The average molecular weight is 459 g/mol. The monoisotopic (exact) mass is 458 g/mol. The molecule has 0 fully saturated rings. The molecule has 4 rings (SSSR count). The Morgan fingerprint density at radius 3 is 2.71 bits per heavy atom. The third-order valence-electron chi connectivity index (χ3n) is 5.00. The summed E-state index contributed by atoms with van der Waals surface area (Å²) in [7, 11) is -3.78. The Kier molecular flexibility index (Phi) is 4.89. The quantitative estimate of drug-likeness (QED) is 0.551. The van der Waals surface area contributed by atoms with E-state index in [9.17, 15) is 8.42 Å². The normalized spacial score (nSPS) is 19.6. The second-order valence-corrected chi connectivity index (χ2v) is 9.87. The zero-order valence-electron chi connectivity index (χ0n) is 15.2. The van der Waals surface area contributed by atoms with E-state index in [1.807, 2.05) is 54.6 Å². The molecule has 0 N–H and O–H groups in total. The minimum absolute atomic E-state index is 0.330. The zero-order chi connectivity index (χ0) is 19.8. The molecule has 1 aromatic heterocycles. The van der Waals surface area contributed by atoms with Crippen molar-refractivity contribution in [1.82, 2.24) is 9.19 Å². The van der Waals surface area contributed by atoms with Crippen molar-refractivity contribution in [3.8, 4) is 5.75 Å². The van der Waals surface area contributed by atoms with E-state index in [4.69, 9.17) is 4.74 Å². The van der Waals surface area contributed by atoms with E-state index in [1.54, 1.807) is 25.3 Å². The molecule has 0 saturated carbocycles. The average Bonchev–Trinajstić information content (AvgIpc) is 3.15. The van der Waals surface area contributed by atoms with Crippen LogP contribution in [0.4, 0.5) is 0 Å². The lowest BCUT2D eigenvalue weighted by Gasteiger charge is -2.29. The molecule has 3 aromatic rings. The molecule has 1 atom stereocenters. The number of hydrogen-bond donors (Lipinski definition) is 0. The first kappa shape index (κ1) is 19.0. The van der Waals surface area contributed by atoms with Crippen molar-refractivity contribution in [2.75, 3.05) is 0 Å². The van der Waals surface area contributed by atoms with Crippen molar-refractivity contribution >= 4 is 36.9 Å². The van der Waals surface area contributed by atoms with Crippen LogP contribution in [0.2, 0.25) is 0 Å². The van der Waals surface area contributed by atoms with E-state index in [1.165, 1.54) is 0 Å². The van der Waals surface area contributed by atoms with Crippen LogP contribution in [0.15, 0.2) is 77.4 Å². The molecular formula is C21H19BrN2O3S. The Hall–Kier alpha value is -2.38. The number of rotatable bonds is 5. The van der Waals surface area contributed by atoms with Crippen molar-refractivity contribution < 1.29 is 13.2 Å². The molecular weight excluding hydrogens is 440 g/mol. The molecule has 1 aliphatic carbocycles. The number of halogens is 1. The van der Waals surface area contributed by atoms with Gasteiger partial charge in [-0.25, -0.2) is 8.42 Å². The van der Waals surface area contributed by atoms with Gasteiger partial charge < -0.3 is 4.74 Å². The Morgan fingerprint density at radius 2 is 1.96 bits per heavy atom. The molecule has 1 aliphatic rings. The van der Waals surface area contributed by atoms with Crippen LogP contribution in [0.5, 0.6) is 5.75 Å². The number of nitrogens with zero attached hydrogens (tertiary/aromatic N) is 2. The molecule has 1 unspecified atom stereocenters. The topological polar surface area (TPSA) is 61.2 Å². The van der Waals surface area contributed by atoms with Crippen LogP contribution in [-0.2, 0) is 16.6 Å². The number of para-hydroxylation sites is 1. The van der Waals surface area contributed by atoms with E-state index in [2.05, 4.69) is 21.0 Å². The maximum atomic E-state index is 13.4. The lowest BCUT2D eigenvalue weighted by Crippen LogP contribution is -2.40. The third-order valence-corrected chi connectivity index (χ3v) is 8.67. The van der Waals surface area contributed by atoms with Gasteiger partial charge in [0.1, 0.15) is 17.1 Å². The molecule has 0 bridgehead atoms. The van der Waals surface area contributed by atoms with Crippen molar-refractivity contribution in [2.45, 2.75) is 24.7 Å². The van der Waals surface area contributed by atoms with Crippen LogP contribution in [0.25, 0.3) is 10.9 Å². The Labute approximate surface area is 172 Å². The van der Waals surface area contributed by atoms with E-state index in [-0.39, 0.29) is 0 Å². The molecule has 0 saturated heterocycles. The van der Waals surface area contributed by atoms with E-state index in [0.29, 0.717) is 23.0 Å². The first-order valence-electron chi connectivity index (χ1n) is 8.85. The number of allylic oxidation sites excluding steroid dienone is 3. The molecule has 0 spiro atoms. The van der Waals surface area contributed by atoms with Gasteiger partial charge in [-0.3, -0.25) is 0 Å². The number of hydrogen-bond acceptors (Lipinski definition) is 4. The van der Waals surface area contributed by atoms with Gasteiger partial charge in [0.15, 0.2) is 0 Å². The summed E-state index contributed by atoms with van der Waals surface area (Å²) in [6, 6.07) is 15.0. The largest absolute Gasteiger partial charge is 0.489 e. The molecule has 2 aromatic carbocycles. The highest BCUT2D eigenvalue weighted by atomic mass is 79.9. The first-order valence-corrected chi connectivity index (χ1v) is 11.1. The molecule has 5 nitrogen and oxygen atoms in total. The lowest BCUT2D eigenvalue weighted by molar-refractivity contribution is 0.307. The van der Waals surface area contributed by atoms with Gasteiger partial charge in [-0.05, 0) is 31.5 Å². The van der Waals surface area contributed by atoms with Gasteiger partial charge in [0, 0.05) is 15.4 Å². The van der Waals surface area contributed by atoms with Gasteiger partial charge in [-0.1, -0.05) is 64.5 Å². The van der Waals surface area contributed by atoms with Crippen LogP contribution in [0.3, 0.4) is 0 Å². The fourth-order valence-corrected chi connectivity index (χ4v) is 5.74. The summed E-state index contributed by atoms with van der Waals surface area (Å²) in [5, 5.41) is 5.00. The number of ether oxygens (including phenoxy) is 1. The predicted octanol–water partition coefficient (Wildman–Crippen LogP) is 4.79. The fourth-order valence-electron chi connectivity index (χ4n) is 3.22. The Balaban J connectivity index is 1.72. The van der Waals surface area contributed by atoms with Crippen LogP contribution >= 0.6 is 15.9 Å². The third kappa shape index (κ3) is 3.08. The van der Waals surface area contributed by atoms with Gasteiger partial charge in [0.25, 0.3) is 10.0 Å². The van der Waals surface area contributed by atoms with E-state index in [0.717, 1.165) is 20.8 Å². The molecule has 0 radical (unpaired) electrons. The van der Waals surface area contributed by atoms with Gasteiger partial charge in [0.2, 0.25) is 0 Å². The highest BCUT2D eigenvalue weighted by Gasteiger charge is 2.44. The molecule has 0 amide bonds. The molecule has 0 aliphatic heterocycles. The van der Waals surface area contributed by atoms with Gasteiger partial charge in [0.05, 0.1) is 11.7 Å². The van der Waals surface area contributed by atoms with Crippen LogP contribution in [0, 0.1) is 0 Å². The minimum atomic E-state index is -3.78. The molecule has 144 valence electrons.